The van der Waals surface area contributed by atoms with Crippen LogP contribution >= 0.6 is 0 Å². The molecule has 29 heavy (non-hydrogen) atoms. The first-order valence-corrected chi connectivity index (χ1v) is 10.1. The smallest absolute Gasteiger partial charge is 0.328 e. The maximum absolute atomic E-state index is 12.5. The van der Waals surface area contributed by atoms with Crippen LogP contribution in [0.1, 0.15) is 57.4 Å². The number of carbonyl (C=O) groups excluding carboxylic acids is 2. The second-order valence-electron chi connectivity index (χ2n) is 7.89. The standard InChI is InChI=1S/C21H32N2O6/c1-12(2)19(14(4)28-11-15-7-6-8-15)29-21(26)13(3)23-20(25)17-18(24)16(27-5)9-10-22-17/h9-10,12-15,19,24H,6-8,11H2,1-5H3,(H,23,25)/t13-,14-,19?/m0/s1. The van der Waals surface area contributed by atoms with Crippen LogP contribution in [0.3, 0.4) is 0 Å². The minimum Gasteiger partial charge on any atom is -0.503 e. The Kier molecular flexibility index (Phi) is 8.25. The minimum absolute atomic E-state index is 0.0577. The van der Waals surface area contributed by atoms with Crippen LogP contribution in [0, 0.1) is 11.8 Å². The van der Waals surface area contributed by atoms with Crippen molar-refractivity contribution in [3.63, 3.8) is 0 Å². The molecule has 1 saturated carbocycles. The molecule has 0 aliphatic heterocycles. The summed E-state index contributed by atoms with van der Waals surface area (Å²) in [5.41, 5.74) is -0.221. The van der Waals surface area contributed by atoms with E-state index in [0.29, 0.717) is 12.5 Å². The number of amides is 1. The highest BCUT2D eigenvalue weighted by atomic mass is 16.6. The van der Waals surface area contributed by atoms with E-state index in [1.807, 2.05) is 20.8 Å². The molecule has 1 aliphatic rings. The maximum Gasteiger partial charge on any atom is 0.328 e. The van der Waals surface area contributed by atoms with Crippen molar-refractivity contribution in [3.05, 3.63) is 18.0 Å². The van der Waals surface area contributed by atoms with Crippen LogP contribution in [0.25, 0.3) is 0 Å². The molecular formula is C21H32N2O6. The van der Waals surface area contributed by atoms with E-state index in [1.165, 1.54) is 45.6 Å². The Labute approximate surface area is 171 Å². The Bertz CT molecular complexity index is 704. The highest BCUT2D eigenvalue weighted by molar-refractivity contribution is 5.97. The van der Waals surface area contributed by atoms with Crippen molar-refractivity contribution in [1.29, 1.82) is 0 Å². The van der Waals surface area contributed by atoms with E-state index in [0.717, 1.165) is 0 Å². The second kappa shape index (κ2) is 10.4. The predicted octanol–water partition coefficient (Wildman–Crippen LogP) is 2.69. The third-order valence-corrected chi connectivity index (χ3v) is 5.21. The first-order chi connectivity index (χ1) is 13.7. The molecule has 1 fully saturated rings. The Balaban J connectivity index is 1.94. The lowest BCUT2D eigenvalue weighted by Crippen LogP contribution is -2.44. The number of hydrogen-bond acceptors (Lipinski definition) is 7. The lowest BCUT2D eigenvalue weighted by molar-refractivity contribution is -0.163. The summed E-state index contributed by atoms with van der Waals surface area (Å²) in [4.78, 5) is 28.8. The van der Waals surface area contributed by atoms with Crippen LogP contribution in [0.2, 0.25) is 0 Å². The molecule has 0 spiro atoms. The van der Waals surface area contributed by atoms with Crippen molar-refractivity contribution in [2.75, 3.05) is 13.7 Å². The number of carbonyl (C=O) groups is 2. The Morgan fingerprint density at radius 1 is 1.28 bits per heavy atom. The topological polar surface area (TPSA) is 107 Å². The molecule has 8 heteroatoms. The van der Waals surface area contributed by atoms with Crippen molar-refractivity contribution in [2.45, 2.75) is 65.2 Å². The van der Waals surface area contributed by atoms with E-state index in [4.69, 9.17) is 14.2 Å². The summed E-state index contributed by atoms with van der Waals surface area (Å²) in [5, 5.41) is 12.6. The van der Waals surface area contributed by atoms with Gasteiger partial charge < -0.3 is 24.6 Å². The quantitative estimate of drug-likeness (QED) is 0.573. The number of esters is 1. The van der Waals surface area contributed by atoms with Crippen LogP contribution in [0.15, 0.2) is 12.3 Å². The molecular weight excluding hydrogens is 376 g/mol. The van der Waals surface area contributed by atoms with Gasteiger partial charge in [-0.25, -0.2) is 9.78 Å². The highest BCUT2D eigenvalue weighted by Crippen LogP contribution is 2.28. The van der Waals surface area contributed by atoms with Crippen molar-refractivity contribution in [3.8, 4) is 11.5 Å². The van der Waals surface area contributed by atoms with E-state index in [2.05, 4.69) is 10.3 Å². The van der Waals surface area contributed by atoms with Gasteiger partial charge in [-0.05, 0) is 38.5 Å². The molecule has 1 aromatic rings. The molecule has 1 aliphatic carbocycles. The average molecular weight is 408 g/mol. The van der Waals surface area contributed by atoms with Crippen molar-refractivity contribution in [1.82, 2.24) is 10.3 Å². The summed E-state index contributed by atoms with van der Waals surface area (Å²) in [6.07, 6.45) is 4.30. The Hall–Kier alpha value is -2.35. The zero-order valence-corrected chi connectivity index (χ0v) is 17.8. The van der Waals surface area contributed by atoms with Gasteiger partial charge in [0.2, 0.25) is 0 Å². The van der Waals surface area contributed by atoms with Crippen LogP contribution in [0.4, 0.5) is 0 Å². The fourth-order valence-corrected chi connectivity index (χ4v) is 3.14. The van der Waals surface area contributed by atoms with Crippen LogP contribution < -0.4 is 10.1 Å². The van der Waals surface area contributed by atoms with Crippen molar-refractivity contribution in [2.24, 2.45) is 11.8 Å². The monoisotopic (exact) mass is 408 g/mol. The van der Waals surface area contributed by atoms with Gasteiger partial charge in [-0.2, -0.15) is 0 Å². The van der Waals surface area contributed by atoms with E-state index in [1.54, 1.807) is 0 Å². The Morgan fingerprint density at radius 2 is 1.97 bits per heavy atom. The predicted molar refractivity (Wildman–Crippen MR) is 107 cm³/mol. The highest BCUT2D eigenvalue weighted by Gasteiger charge is 2.30. The zero-order chi connectivity index (χ0) is 21.6. The summed E-state index contributed by atoms with van der Waals surface area (Å²) in [6, 6.07) is 0.511. The first-order valence-electron chi connectivity index (χ1n) is 10.1. The molecule has 2 N–H and O–H groups in total. The number of ether oxygens (including phenoxy) is 3. The van der Waals surface area contributed by atoms with Gasteiger partial charge in [0.1, 0.15) is 12.1 Å². The molecule has 162 valence electrons. The molecule has 8 nitrogen and oxygen atoms in total. The van der Waals surface area contributed by atoms with E-state index < -0.39 is 24.0 Å². The number of nitrogens with one attached hydrogen (secondary N) is 1. The average Bonchev–Trinajstić information content (AvgIpc) is 2.64. The molecule has 0 saturated heterocycles. The number of aromatic hydroxyl groups is 1. The van der Waals surface area contributed by atoms with Gasteiger partial charge in [0.05, 0.1) is 13.2 Å². The second-order valence-corrected chi connectivity index (χ2v) is 7.89. The van der Waals surface area contributed by atoms with Gasteiger partial charge in [0.25, 0.3) is 5.91 Å². The summed E-state index contributed by atoms with van der Waals surface area (Å²) in [7, 11) is 1.37. The molecule has 2 rings (SSSR count). The molecule has 0 bridgehead atoms. The molecule has 1 heterocycles. The largest absolute Gasteiger partial charge is 0.503 e. The summed E-state index contributed by atoms with van der Waals surface area (Å²) in [5.74, 6) is -0.867. The summed E-state index contributed by atoms with van der Waals surface area (Å²) < 4.78 is 16.5. The zero-order valence-electron chi connectivity index (χ0n) is 17.8. The van der Waals surface area contributed by atoms with Crippen LogP contribution in [-0.2, 0) is 14.3 Å². The van der Waals surface area contributed by atoms with Gasteiger partial charge in [0, 0.05) is 18.9 Å². The SMILES string of the molecule is COc1ccnc(C(=O)N[C@@H](C)C(=O)OC(C(C)C)[C@H](C)OCC2CCC2)c1O. The fraction of sp³-hybridized carbons (Fsp3) is 0.667. The molecule has 0 radical (unpaired) electrons. The minimum atomic E-state index is -0.921. The third-order valence-electron chi connectivity index (χ3n) is 5.21. The first kappa shape index (κ1) is 22.9. The lowest BCUT2D eigenvalue weighted by Gasteiger charge is -2.31. The number of methoxy groups -OCH3 is 1. The van der Waals surface area contributed by atoms with Gasteiger partial charge in [-0.1, -0.05) is 20.3 Å². The van der Waals surface area contributed by atoms with Crippen LogP contribution in [0.5, 0.6) is 11.5 Å². The third kappa shape index (κ3) is 6.06. The van der Waals surface area contributed by atoms with Gasteiger partial charge in [-0.15, -0.1) is 0 Å². The van der Waals surface area contributed by atoms with Gasteiger partial charge >= 0.3 is 5.97 Å². The molecule has 1 aromatic heterocycles. The van der Waals surface area contributed by atoms with Crippen molar-refractivity contribution < 1.29 is 28.9 Å². The number of hydrogen-bond donors (Lipinski definition) is 2. The summed E-state index contributed by atoms with van der Waals surface area (Å²) >= 11 is 0. The normalized spacial score (nSPS) is 17.2. The van der Waals surface area contributed by atoms with Gasteiger partial charge in [-0.3, -0.25) is 4.79 Å². The van der Waals surface area contributed by atoms with E-state index >= 15 is 0 Å². The van der Waals surface area contributed by atoms with Gasteiger partial charge in [0.15, 0.2) is 17.2 Å². The number of rotatable bonds is 10. The molecule has 0 aromatic carbocycles. The lowest BCUT2D eigenvalue weighted by atomic mass is 9.86. The number of nitrogens with zero attached hydrogens (tertiary/aromatic N) is 1. The number of aromatic nitrogens is 1. The summed E-state index contributed by atoms with van der Waals surface area (Å²) in [6.45, 7) is 8.02. The van der Waals surface area contributed by atoms with Crippen molar-refractivity contribution >= 4 is 11.9 Å². The fourth-order valence-electron chi connectivity index (χ4n) is 3.14. The Morgan fingerprint density at radius 3 is 2.52 bits per heavy atom. The molecule has 1 unspecified atom stereocenters. The van der Waals surface area contributed by atoms with Crippen LogP contribution in [-0.4, -0.2) is 53.9 Å². The maximum atomic E-state index is 12.5. The van der Waals surface area contributed by atoms with E-state index in [9.17, 15) is 14.7 Å². The number of pyridine rings is 1. The molecule has 3 atom stereocenters. The van der Waals surface area contributed by atoms with E-state index in [-0.39, 0.29) is 29.2 Å². The molecule has 1 amide bonds.